The molecule has 1 unspecified atom stereocenters. The molecule has 1 atom stereocenters. The van der Waals surface area contributed by atoms with Crippen molar-refractivity contribution >= 4 is 16.6 Å². The fourth-order valence-corrected chi connectivity index (χ4v) is 4.94. The van der Waals surface area contributed by atoms with E-state index in [4.69, 9.17) is 0 Å². The van der Waals surface area contributed by atoms with Gasteiger partial charge in [-0.3, -0.25) is 9.69 Å². The SMILES string of the molecule is Cc1cc2cc(C(c3nnnn3C(C)(C)C)N3CCN(c4ccc(O)cc4)CC3)c(=O)[nH]c2cc1C. The molecule has 1 aliphatic heterocycles. The van der Waals surface area contributed by atoms with Crippen molar-refractivity contribution in [2.75, 3.05) is 31.1 Å². The van der Waals surface area contributed by atoms with Gasteiger partial charge in [-0.05, 0) is 104 Å². The van der Waals surface area contributed by atoms with Crippen molar-refractivity contribution in [2.45, 2.75) is 46.2 Å². The van der Waals surface area contributed by atoms with E-state index in [0.717, 1.165) is 48.3 Å². The number of anilines is 1. The highest BCUT2D eigenvalue weighted by molar-refractivity contribution is 5.81. The average molecular weight is 488 g/mol. The van der Waals surface area contributed by atoms with E-state index in [1.807, 2.05) is 28.9 Å². The first-order valence-electron chi connectivity index (χ1n) is 12.3. The maximum Gasteiger partial charge on any atom is 0.253 e. The predicted octanol–water partition coefficient (Wildman–Crippen LogP) is 3.50. The van der Waals surface area contributed by atoms with E-state index >= 15 is 0 Å². The Balaban J connectivity index is 1.56. The summed E-state index contributed by atoms with van der Waals surface area (Å²) in [7, 11) is 0. The monoisotopic (exact) mass is 487 g/mol. The summed E-state index contributed by atoms with van der Waals surface area (Å²) >= 11 is 0. The van der Waals surface area contributed by atoms with E-state index < -0.39 is 6.04 Å². The van der Waals surface area contributed by atoms with Crippen molar-refractivity contribution in [3.8, 4) is 5.75 Å². The highest BCUT2D eigenvalue weighted by Gasteiger charge is 2.35. The zero-order valence-corrected chi connectivity index (χ0v) is 21.5. The molecule has 0 spiro atoms. The predicted molar refractivity (Wildman–Crippen MR) is 141 cm³/mol. The second-order valence-electron chi connectivity index (χ2n) is 10.6. The molecule has 5 rings (SSSR count). The molecule has 2 aromatic carbocycles. The maximum atomic E-state index is 13.5. The van der Waals surface area contributed by atoms with Gasteiger partial charge in [-0.1, -0.05) is 0 Å². The molecule has 9 heteroatoms. The summed E-state index contributed by atoms with van der Waals surface area (Å²) < 4.78 is 1.83. The Morgan fingerprint density at radius 3 is 2.31 bits per heavy atom. The number of benzene rings is 2. The largest absolute Gasteiger partial charge is 0.508 e. The molecule has 0 amide bonds. The van der Waals surface area contributed by atoms with Gasteiger partial charge in [-0.25, -0.2) is 4.68 Å². The van der Waals surface area contributed by atoms with E-state index in [1.54, 1.807) is 12.1 Å². The highest BCUT2D eigenvalue weighted by Crippen LogP contribution is 2.31. The Hall–Kier alpha value is -3.72. The van der Waals surface area contributed by atoms with Crippen LogP contribution in [0.3, 0.4) is 0 Å². The second-order valence-corrected chi connectivity index (χ2v) is 10.6. The molecule has 0 radical (unpaired) electrons. The van der Waals surface area contributed by atoms with Gasteiger partial charge in [0.2, 0.25) is 0 Å². The van der Waals surface area contributed by atoms with Crippen molar-refractivity contribution in [1.82, 2.24) is 30.1 Å². The molecule has 3 heterocycles. The van der Waals surface area contributed by atoms with Crippen LogP contribution in [-0.2, 0) is 5.54 Å². The molecule has 4 aromatic rings. The van der Waals surface area contributed by atoms with Crippen LogP contribution in [0.15, 0.2) is 47.3 Å². The summed E-state index contributed by atoms with van der Waals surface area (Å²) in [5.74, 6) is 0.918. The Labute approximate surface area is 210 Å². The number of tetrazole rings is 1. The molecular formula is C27H33N7O2. The first kappa shape index (κ1) is 24.0. The minimum atomic E-state index is -0.393. The van der Waals surface area contributed by atoms with Crippen LogP contribution in [0.1, 0.15) is 49.3 Å². The highest BCUT2D eigenvalue weighted by atomic mass is 16.3. The summed E-state index contributed by atoms with van der Waals surface area (Å²) in [5.41, 5.74) is 4.39. The van der Waals surface area contributed by atoms with Crippen molar-refractivity contribution in [3.05, 3.63) is 75.3 Å². The summed E-state index contributed by atoms with van der Waals surface area (Å²) in [5, 5.41) is 23.4. The number of aromatic nitrogens is 5. The van der Waals surface area contributed by atoms with Crippen LogP contribution >= 0.6 is 0 Å². The van der Waals surface area contributed by atoms with Gasteiger partial charge in [-0.2, -0.15) is 0 Å². The lowest BCUT2D eigenvalue weighted by atomic mass is 9.99. The summed E-state index contributed by atoms with van der Waals surface area (Å²) in [4.78, 5) is 21.2. The molecule has 9 nitrogen and oxygen atoms in total. The minimum Gasteiger partial charge on any atom is -0.508 e. The maximum absolute atomic E-state index is 13.5. The lowest BCUT2D eigenvalue weighted by Crippen LogP contribution is -2.49. The number of piperazine rings is 1. The third-order valence-corrected chi connectivity index (χ3v) is 7.05. The van der Waals surface area contributed by atoms with Crippen LogP contribution in [-0.4, -0.2) is 61.4 Å². The Morgan fingerprint density at radius 2 is 1.64 bits per heavy atom. The number of pyridine rings is 1. The van der Waals surface area contributed by atoms with E-state index in [0.29, 0.717) is 11.4 Å². The Morgan fingerprint density at radius 1 is 0.972 bits per heavy atom. The lowest BCUT2D eigenvalue weighted by molar-refractivity contribution is 0.190. The number of nitrogens with zero attached hydrogens (tertiary/aromatic N) is 6. The number of H-pyrrole nitrogens is 1. The van der Waals surface area contributed by atoms with Gasteiger partial charge in [0.25, 0.3) is 5.56 Å². The van der Waals surface area contributed by atoms with Crippen molar-refractivity contribution in [2.24, 2.45) is 0 Å². The quantitative estimate of drug-likeness (QED) is 0.454. The number of aromatic hydroxyl groups is 1. The van der Waals surface area contributed by atoms with Gasteiger partial charge in [0.1, 0.15) is 11.8 Å². The molecule has 36 heavy (non-hydrogen) atoms. The van der Waals surface area contributed by atoms with Crippen molar-refractivity contribution in [1.29, 1.82) is 0 Å². The van der Waals surface area contributed by atoms with Gasteiger partial charge in [-0.15, -0.1) is 5.10 Å². The molecule has 2 N–H and O–H groups in total. The van der Waals surface area contributed by atoms with Crippen LogP contribution in [0.5, 0.6) is 5.75 Å². The molecular weight excluding hydrogens is 454 g/mol. The average Bonchev–Trinajstić information content (AvgIpc) is 3.32. The Kier molecular flexibility index (Phi) is 6.04. The van der Waals surface area contributed by atoms with Crippen LogP contribution in [0, 0.1) is 13.8 Å². The van der Waals surface area contributed by atoms with Gasteiger partial charge in [0.05, 0.1) is 5.54 Å². The fourth-order valence-electron chi connectivity index (χ4n) is 4.94. The van der Waals surface area contributed by atoms with E-state index in [2.05, 4.69) is 71.0 Å². The normalized spacial score (nSPS) is 16.0. The molecule has 1 fully saturated rings. The van der Waals surface area contributed by atoms with Crippen LogP contribution in [0.4, 0.5) is 5.69 Å². The van der Waals surface area contributed by atoms with Gasteiger partial charge in [0.15, 0.2) is 5.82 Å². The molecule has 0 saturated carbocycles. The fraction of sp³-hybridized carbons (Fsp3) is 0.407. The third kappa shape index (κ3) is 4.46. The van der Waals surface area contributed by atoms with Crippen LogP contribution in [0.25, 0.3) is 10.9 Å². The number of rotatable bonds is 4. The lowest BCUT2D eigenvalue weighted by Gasteiger charge is -2.40. The number of nitrogens with one attached hydrogen (secondary N) is 1. The zero-order valence-electron chi connectivity index (χ0n) is 21.5. The number of phenols is 1. The summed E-state index contributed by atoms with van der Waals surface area (Å²) in [6.07, 6.45) is 0. The molecule has 0 aliphatic carbocycles. The number of phenolic OH excluding ortho intramolecular Hbond substituents is 1. The number of fused-ring (bicyclic) bond motifs is 1. The zero-order chi connectivity index (χ0) is 25.6. The molecule has 188 valence electrons. The molecule has 1 saturated heterocycles. The first-order chi connectivity index (χ1) is 17.1. The standard InChI is InChI=1S/C27H33N7O2/c1-17-14-19-16-22(26(36)28-23(19)15-18(17)2)24(25-29-30-31-34(25)27(3,4)5)33-12-10-32(11-13-33)20-6-8-21(35)9-7-20/h6-9,14-16,24,35H,10-13H2,1-5H3,(H,28,36). The molecule has 0 bridgehead atoms. The van der Waals surface area contributed by atoms with Crippen LogP contribution in [0.2, 0.25) is 0 Å². The number of aryl methyl sites for hydroxylation is 2. The minimum absolute atomic E-state index is 0.125. The van der Waals surface area contributed by atoms with E-state index in [-0.39, 0.29) is 16.8 Å². The number of aromatic amines is 1. The first-order valence-corrected chi connectivity index (χ1v) is 12.3. The van der Waals surface area contributed by atoms with E-state index in [1.165, 1.54) is 5.56 Å². The summed E-state index contributed by atoms with van der Waals surface area (Å²) in [6, 6.07) is 13.0. The van der Waals surface area contributed by atoms with Crippen molar-refractivity contribution < 1.29 is 5.11 Å². The van der Waals surface area contributed by atoms with Gasteiger partial charge >= 0.3 is 0 Å². The topological polar surface area (TPSA) is 103 Å². The second kappa shape index (κ2) is 9.05. The smallest absolute Gasteiger partial charge is 0.253 e. The van der Waals surface area contributed by atoms with Crippen LogP contribution < -0.4 is 10.5 Å². The number of hydrogen-bond donors (Lipinski definition) is 2. The third-order valence-electron chi connectivity index (χ3n) is 7.05. The Bertz CT molecular complexity index is 1440. The van der Waals surface area contributed by atoms with Crippen molar-refractivity contribution in [3.63, 3.8) is 0 Å². The van der Waals surface area contributed by atoms with Gasteiger partial charge < -0.3 is 15.0 Å². The summed E-state index contributed by atoms with van der Waals surface area (Å²) in [6.45, 7) is 13.3. The molecule has 2 aromatic heterocycles. The van der Waals surface area contributed by atoms with Gasteiger partial charge in [0, 0.05) is 42.9 Å². The number of hydrogen-bond acceptors (Lipinski definition) is 7. The molecule has 1 aliphatic rings. The van der Waals surface area contributed by atoms with E-state index in [9.17, 15) is 9.90 Å².